The van der Waals surface area contributed by atoms with Crippen LogP contribution in [0.1, 0.15) is 52.9 Å². The third-order valence-electron chi connectivity index (χ3n) is 8.55. The second-order valence-corrected chi connectivity index (χ2v) is 9.77. The molecular weight excluding hydrogens is 372 g/mol. The van der Waals surface area contributed by atoms with E-state index in [0.29, 0.717) is 19.3 Å². The van der Waals surface area contributed by atoms with Crippen molar-refractivity contribution in [3.63, 3.8) is 0 Å². The van der Waals surface area contributed by atoms with Crippen molar-refractivity contribution in [2.24, 2.45) is 28.6 Å². The minimum atomic E-state index is -1.61. The molecule has 0 radical (unpaired) electrons. The molecular formula is C23H30O6. The number of ketones is 2. The molecule has 0 spiro atoms. The van der Waals surface area contributed by atoms with Crippen molar-refractivity contribution in [3.05, 3.63) is 23.8 Å². The van der Waals surface area contributed by atoms with Crippen molar-refractivity contribution in [2.45, 2.75) is 64.6 Å². The summed E-state index contributed by atoms with van der Waals surface area (Å²) in [5, 5.41) is 20.9. The van der Waals surface area contributed by atoms with Crippen LogP contribution < -0.4 is 0 Å². The fourth-order valence-electron chi connectivity index (χ4n) is 7.21. The van der Waals surface area contributed by atoms with Crippen molar-refractivity contribution >= 4 is 17.5 Å². The van der Waals surface area contributed by atoms with Crippen LogP contribution in [0.4, 0.5) is 0 Å². The highest BCUT2D eigenvalue weighted by molar-refractivity contribution is 6.01. The molecule has 4 aliphatic carbocycles. The zero-order valence-electron chi connectivity index (χ0n) is 17.3. The van der Waals surface area contributed by atoms with Crippen molar-refractivity contribution in [1.82, 2.24) is 0 Å². The van der Waals surface area contributed by atoms with Gasteiger partial charge in [0.2, 0.25) is 0 Å². The highest BCUT2D eigenvalue weighted by Crippen LogP contribution is 2.67. The summed E-state index contributed by atoms with van der Waals surface area (Å²) in [6, 6.07) is 0. The van der Waals surface area contributed by atoms with Gasteiger partial charge < -0.3 is 14.9 Å². The van der Waals surface area contributed by atoms with E-state index in [1.54, 1.807) is 12.2 Å². The predicted octanol–water partition coefficient (Wildman–Crippen LogP) is 2.13. The normalized spacial score (nSPS) is 45.7. The molecule has 0 aromatic heterocycles. The van der Waals surface area contributed by atoms with E-state index in [4.69, 9.17) is 4.74 Å². The molecule has 7 atom stereocenters. The smallest absolute Gasteiger partial charge is 0.302 e. The Bertz CT molecular complexity index is 827. The fourth-order valence-corrected chi connectivity index (χ4v) is 7.21. The van der Waals surface area contributed by atoms with Gasteiger partial charge in [-0.1, -0.05) is 25.5 Å². The SMILES string of the molecule is CC(=O)OC1C[C@@]2(C)[C@@H](CC[C@]2(O)C(=O)CO)[C@@H]2CCC3=CC(=O)C=C[C@]3(C)[C@@H]12. The number of allylic oxidation sites excluding steroid dienone is 4. The average molecular weight is 402 g/mol. The Labute approximate surface area is 171 Å². The quantitative estimate of drug-likeness (QED) is 0.702. The molecule has 4 rings (SSSR count). The van der Waals surface area contributed by atoms with Crippen molar-refractivity contribution < 1.29 is 29.3 Å². The number of carbonyl (C=O) groups excluding carboxylic acids is 3. The maximum atomic E-state index is 12.5. The van der Waals surface area contributed by atoms with Crippen LogP contribution in [0.2, 0.25) is 0 Å². The second-order valence-electron chi connectivity index (χ2n) is 9.77. The van der Waals surface area contributed by atoms with Gasteiger partial charge in [0, 0.05) is 23.7 Å². The van der Waals surface area contributed by atoms with Crippen LogP contribution in [0.3, 0.4) is 0 Å². The Morgan fingerprint density at radius 3 is 2.66 bits per heavy atom. The molecule has 29 heavy (non-hydrogen) atoms. The summed E-state index contributed by atoms with van der Waals surface area (Å²) in [6.45, 7) is 4.71. The van der Waals surface area contributed by atoms with E-state index in [9.17, 15) is 24.6 Å². The van der Waals surface area contributed by atoms with Crippen LogP contribution in [-0.2, 0) is 19.1 Å². The molecule has 3 fully saturated rings. The van der Waals surface area contributed by atoms with Gasteiger partial charge in [-0.3, -0.25) is 14.4 Å². The summed E-state index contributed by atoms with van der Waals surface area (Å²) in [4.78, 5) is 36.5. The van der Waals surface area contributed by atoms with Crippen LogP contribution in [0.15, 0.2) is 23.8 Å². The fraction of sp³-hybridized carbons (Fsp3) is 0.696. The molecule has 0 bridgehead atoms. The van der Waals surface area contributed by atoms with E-state index >= 15 is 0 Å². The zero-order chi connectivity index (χ0) is 21.2. The average Bonchev–Trinajstić information content (AvgIpc) is 2.92. The van der Waals surface area contributed by atoms with Gasteiger partial charge in [0.15, 0.2) is 11.6 Å². The molecule has 1 unspecified atom stereocenters. The van der Waals surface area contributed by atoms with Crippen LogP contribution in [-0.4, -0.2) is 46.1 Å². The number of aliphatic hydroxyl groups excluding tert-OH is 1. The molecule has 6 heteroatoms. The number of hydrogen-bond acceptors (Lipinski definition) is 6. The first-order chi connectivity index (χ1) is 13.6. The number of Topliss-reactive ketones (excluding diaryl/α,β-unsaturated/α-hetero) is 1. The van der Waals surface area contributed by atoms with E-state index in [-0.39, 0.29) is 34.9 Å². The molecule has 0 aromatic carbocycles. The van der Waals surface area contributed by atoms with Crippen LogP contribution in [0.25, 0.3) is 0 Å². The van der Waals surface area contributed by atoms with Crippen LogP contribution in [0, 0.1) is 28.6 Å². The van der Waals surface area contributed by atoms with Gasteiger partial charge in [-0.25, -0.2) is 0 Å². The first kappa shape index (κ1) is 20.5. The molecule has 4 aliphatic rings. The lowest BCUT2D eigenvalue weighted by Gasteiger charge is -2.60. The second kappa shape index (κ2) is 6.61. The maximum Gasteiger partial charge on any atom is 0.302 e. The molecule has 0 aromatic rings. The molecule has 6 nitrogen and oxygen atoms in total. The van der Waals surface area contributed by atoms with Gasteiger partial charge in [0.25, 0.3) is 0 Å². The first-order valence-corrected chi connectivity index (χ1v) is 10.5. The van der Waals surface area contributed by atoms with Gasteiger partial charge >= 0.3 is 5.97 Å². The topological polar surface area (TPSA) is 101 Å². The standard InChI is InChI=1S/C23H30O6/c1-13(25)29-18-11-22(3)17(7-9-23(22,28)19(27)12-24)16-5-4-14-10-15(26)6-8-21(14,2)20(16)18/h6,8,10,16-18,20,24,28H,4-5,7,9,11-12H2,1-3H3/t16-,17-,18?,20+,21-,22-,23-/m0/s1. The van der Waals surface area contributed by atoms with Gasteiger partial charge in [0.05, 0.1) is 0 Å². The summed E-state index contributed by atoms with van der Waals surface area (Å²) in [5.41, 5.74) is -1.68. The van der Waals surface area contributed by atoms with Crippen molar-refractivity contribution in [2.75, 3.05) is 6.61 Å². The first-order valence-electron chi connectivity index (χ1n) is 10.5. The highest BCUT2D eigenvalue weighted by Gasteiger charge is 2.68. The number of aliphatic hydroxyl groups is 2. The molecule has 0 aliphatic heterocycles. The maximum absolute atomic E-state index is 12.5. The van der Waals surface area contributed by atoms with Gasteiger partial charge in [-0.15, -0.1) is 0 Å². The Morgan fingerprint density at radius 2 is 2.00 bits per heavy atom. The van der Waals surface area contributed by atoms with Crippen molar-refractivity contribution in [1.29, 1.82) is 0 Å². The summed E-state index contributed by atoms with van der Waals surface area (Å²) in [5.74, 6) is -0.720. The number of esters is 1. The number of hydrogen-bond donors (Lipinski definition) is 2. The number of carbonyl (C=O) groups is 3. The summed E-state index contributed by atoms with van der Waals surface area (Å²) in [6.07, 6.45) is 7.79. The largest absolute Gasteiger partial charge is 0.462 e. The van der Waals surface area contributed by atoms with Crippen LogP contribution >= 0.6 is 0 Å². The number of ether oxygens (including phenoxy) is 1. The molecule has 0 heterocycles. The van der Waals surface area contributed by atoms with Gasteiger partial charge in [-0.2, -0.15) is 0 Å². The Balaban J connectivity index is 1.80. The summed E-state index contributed by atoms with van der Waals surface area (Å²) < 4.78 is 5.81. The van der Waals surface area contributed by atoms with Gasteiger partial charge in [-0.05, 0) is 56.1 Å². The minimum absolute atomic E-state index is 0.00982. The van der Waals surface area contributed by atoms with Crippen molar-refractivity contribution in [3.8, 4) is 0 Å². The molecule has 158 valence electrons. The minimum Gasteiger partial charge on any atom is -0.462 e. The molecule has 0 saturated heterocycles. The van der Waals surface area contributed by atoms with Crippen LogP contribution in [0.5, 0.6) is 0 Å². The van der Waals surface area contributed by atoms with E-state index in [1.807, 2.05) is 13.0 Å². The molecule has 2 N–H and O–H groups in total. The Hall–Kier alpha value is -1.79. The number of fused-ring (bicyclic) bond motifs is 5. The summed E-state index contributed by atoms with van der Waals surface area (Å²) >= 11 is 0. The van der Waals surface area contributed by atoms with E-state index in [2.05, 4.69) is 6.92 Å². The lowest BCUT2D eigenvalue weighted by molar-refractivity contribution is -0.191. The molecule has 3 saturated carbocycles. The highest BCUT2D eigenvalue weighted by atomic mass is 16.5. The van der Waals surface area contributed by atoms with E-state index < -0.39 is 29.5 Å². The lowest BCUT2D eigenvalue weighted by atomic mass is 9.46. The van der Waals surface area contributed by atoms with E-state index in [0.717, 1.165) is 18.4 Å². The molecule has 0 amide bonds. The van der Waals surface area contributed by atoms with E-state index in [1.165, 1.54) is 6.92 Å². The lowest BCUT2D eigenvalue weighted by Crippen LogP contribution is -2.62. The van der Waals surface area contributed by atoms with Gasteiger partial charge in [0.1, 0.15) is 18.3 Å². The zero-order valence-corrected chi connectivity index (χ0v) is 17.3. The summed E-state index contributed by atoms with van der Waals surface area (Å²) in [7, 11) is 0. The Kier molecular flexibility index (Phi) is 4.67. The monoisotopic (exact) mass is 402 g/mol. The Morgan fingerprint density at radius 1 is 1.28 bits per heavy atom. The number of rotatable bonds is 3. The predicted molar refractivity (Wildman–Crippen MR) is 105 cm³/mol. The third-order valence-corrected chi connectivity index (χ3v) is 8.55. The third kappa shape index (κ3) is 2.72.